The molecule has 0 bridgehead atoms. The van der Waals surface area contributed by atoms with Gasteiger partial charge in [0.1, 0.15) is 12.1 Å². The van der Waals surface area contributed by atoms with E-state index in [2.05, 4.69) is 25.6 Å². The minimum absolute atomic E-state index is 0.0727. The van der Waals surface area contributed by atoms with Crippen LogP contribution in [0.3, 0.4) is 0 Å². The highest BCUT2D eigenvalue weighted by Gasteiger charge is 2.33. The van der Waals surface area contributed by atoms with E-state index < -0.39 is 0 Å². The largest absolute Gasteiger partial charge is 0.326 e. The molecule has 3 fully saturated rings. The second-order valence-electron chi connectivity index (χ2n) is 9.61. The van der Waals surface area contributed by atoms with Crippen LogP contribution in [0.2, 0.25) is 0 Å². The van der Waals surface area contributed by atoms with Crippen LogP contribution in [0.1, 0.15) is 58.3 Å². The van der Waals surface area contributed by atoms with Crippen molar-refractivity contribution in [1.29, 1.82) is 10.5 Å². The Labute approximate surface area is 186 Å². The number of allylic oxidation sites excluding steroid dienone is 1. The summed E-state index contributed by atoms with van der Waals surface area (Å²) in [7, 11) is 0. The maximum Gasteiger partial charge on any atom is 0.237 e. The molecule has 0 aromatic rings. The van der Waals surface area contributed by atoms with Gasteiger partial charge in [0.25, 0.3) is 0 Å². The van der Waals surface area contributed by atoms with E-state index in [-0.39, 0.29) is 37.0 Å². The van der Waals surface area contributed by atoms with Crippen molar-refractivity contribution in [1.82, 2.24) is 14.7 Å². The first-order valence-corrected chi connectivity index (χ1v) is 11.7. The van der Waals surface area contributed by atoms with E-state index in [4.69, 9.17) is 0 Å². The van der Waals surface area contributed by atoms with E-state index in [0.29, 0.717) is 31.5 Å². The first kappa shape index (κ1) is 23.3. The maximum absolute atomic E-state index is 12.9. The molecule has 4 unspecified atom stereocenters. The van der Waals surface area contributed by atoms with Crippen LogP contribution < -0.4 is 0 Å². The van der Waals surface area contributed by atoms with E-state index in [1.807, 2.05) is 4.90 Å². The molecule has 0 aromatic carbocycles. The van der Waals surface area contributed by atoms with Crippen LogP contribution in [0.5, 0.6) is 0 Å². The van der Waals surface area contributed by atoms with Crippen molar-refractivity contribution in [2.45, 2.75) is 70.4 Å². The van der Waals surface area contributed by atoms with Crippen LogP contribution in [0.15, 0.2) is 12.2 Å². The van der Waals surface area contributed by atoms with Crippen LogP contribution in [0, 0.1) is 34.5 Å². The van der Waals surface area contributed by atoms with E-state index in [9.17, 15) is 20.1 Å². The van der Waals surface area contributed by atoms with Crippen LogP contribution in [-0.4, -0.2) is 71.3 Å². The summed E-state index contributed by atoms with van der Waals surface area (Å²) in [5.41, 5.74) is 1.30. The number of nitrogens with zero attached hydrogens (tertiary/aromatic N) is 5. The first-order chi connectivity index (χ1) is 14.9. The Morgan fingerprint density at radius 1 is 1.03 bits per heavy atom. The molecular formula is C24H35N5O2. The fourth-order valence-electron chi connectivity index (χ4n) is 5.48. The molecule has 0 N–H and O–H groups in total. The Balaban J connectivity index is 1.63. The quantitative estimate of drug-likeness (QED) is 0.585. The second kappa shape index (κ2) is 10.8. The Morgan fingerprint density at radius 3 is 2.06 bits per heavy atom. The van der Waals surface area contributed by atoms with Gasteiger partial charge in [-0.3, -0.25) is 14.5 Å². The minimum atomic E-state index is -0.353. The van der Waals surface area contributed by atoms with Gasteiger partial charge in [-0.15, -0.1) is 0 Å². The summed E-state index contributed by atoms with van der Waals surface area (Å²) >= 11 is 0. The van der Waals surface area contributed by atoms with Crippen molar-refractivity contribution < 1.29 is 9.59 Å². The number of rotatable bonds is 7. The number of hydrogen-bond donors (Lipinski definition) is 0. The number of amides is 2. The molecule has 31 heavy (non-hydrogen) atoms. The molecule has 4 atom stereocenters. The smallest absolute Gasteiger partial charge is 0.237 e. The van der Waals surface area contributed by atoms with Gasteiger partial charge in [-0.2, -0.15) is 10.5 Å². The Kier molecular flexibility index (Phi) is 8.09. The first-order valence-electron chi connectivity index (χ1n) is 11.7. The predicted octanol–water partition coefficient (Wildman–Crippen LogP) is 2.70. The fraction of sp³-hybridized carbons (Fsp3) is 0.750. The van der Waals surface area contributed by atoms with Gasteiger partial charge in [0.2, 0.25) is 11.8 Å². The van der Waals surface area contributed by atoms with E-state index in [1.54, 1.807) is 9.80 Å². The van der Waals surface area contributed by atoms with Crippen molar-refractivity contribution >= 4 is 11.8 Å². The van der Waals surface area contributed by atoms with Crippen LogP contribution in [-0.2, 0) is 9.59 Å². The normalized spacial score (nSPS) is 28.6. The third-order valence-electron chi connectivity index (χ3n) is 6.97. The molecule has 2 saturated heterocycles. The number of carbonyl (C=O) groups excluding carboxylic acids is 2. The molecule has 2 amide bonds. The standard InChI is InChI=1S/C24H35N5O2/c1-18-11-19(2)13-20(12-18)7-10-27(16-23(30)28-8-3-5-21(28)14-25)17-24(31)29-9-4-6-22(29)15-26/h19-22H,1,3-13,16-17H2,2H3. The van der Waals surface area contributed by atoms with Gasteiger partial charge in [0.15, 0.2) is 0 Å². The topological polar surface area (TPSA) is 91.4 Å². The summed E-state index contributed by atoms with van der Waals surface area (Å²) in [6.07, 6.45) is 7.33. The van der Waals surface area contributed by atoms with Crippen LogP contribution in [0.4, 0.5) is 0 Å². The molecule has 1 saturated carbocycles. The lowest BCUT2D eigenvalue weighted by molar-refractivity contribution is -0.135. The molecule has 2 heterocycles. The van der Waals surface area contributed by atoms with Crippen molar-refractivity contribution in [3.63, 3.8) is 0 Å². The molecule has 1 aliphatic carbocycles. The summed E-state index contributed by atoms with van der Waals surface area (Å²) in [5.74, 6) is 1.01. The second-order valence-corrected chi connectivity index (χ2v) is 9.61. The van der Waals surface area contributed by atoms with Crippen molar-refractivity contribution in [2.75, 3.05) is 32.7 Å². The maximum atomic E-state index is 12.9. The number of carbonyl (C=O) groups is 2. The Hall–Kier alpha value is -2.38. The summed E-state index contributed by atoms with van der Waals surface area (Å²) in [4.78, 5) is 31.2. The van der Waals surface area contributed by atoms with Crippen molar-refractivity contribution in [3.05, 3.63) is 12.2 Å². The lowest BCUT2D eigenvalue weighted by Gasteiger charge is -2.32. The molecule has 0 radical (unpaired) electrons. The van der Waals surface area contributed by atoms with Gasteiger partial charge >= 0.3 is 0 Å². The molecule has 7 heteroatoms. The highest BCUT2D eigenvalue weighted by atomic mass is 16.2. The third-order valence-corrected chi connectivity index (χ3v) is 6.97. The molecule has 3 rings (SSSR count). The molecule has 0 aromatic heterocycles. The average Bonchev–Trinajstić information content (AvgIpc) is 3.40. The third kappa shape index (κ3) is 6.08. The number of nitriles is 2. The van der Waals surface area contributed by atoms with Gasteiger partial charge in [0, 0.05) is 13.1 Å². The molecule has 168 valence electrons. The summed E-state index contributed by atoms with van der Waals surface area (Å²) in [6, 6.07) is 3.75. The molecule has 3 aliphatic rings. The van der Waals surface area contributed by atoms with E-state index in [1.165, 1.54) is 5.57 Å². The highest BCUT2D eigenvalue weighted by molar-refractivity contribution is 5.82. The van der Waals surface area contributed by atoms with E-state index >= 15 is 0 Å². The average molecular weight is 426 g/mol. The minimum Gasteiger partial charge on any atom is -0.326 e. The van der Waals surface area contributed by atoms with E-state index in [0.717, 1.165) is 51.4 Å². The molecular weight excluding hydrogens is 390 g/mol. The fourth-order valence-corrected chi connectivity index (χ4v) is 5.48. The van der Waals surface area contributed by atoms with Crippen molar-refractivity contribution in [3.8, 4) is 12.1 Å². The van der Waals surface area contributed by atoms with Crippen molar-refractivity contribution in [2.24, 2.45) is 11.8 Å². The molecule has 7 nitrogen and oxygen atoms in total. The zero-order chi connectivity index (χ0) is 22.4. The Morgan fingerprint density at radius 2 is 1.58 bits per heavy atom. The molecule has 0 spiro atoms. The number of hydrogen-bond acceptors (Lipinski definition) is 5. The van der Waals surface area contributed by atoms with Gasteiger partial charge < -0.3 is 9.80 Å². The zero-order valence-corrected chi connectivity index (χ0v) is 18.8. The zero-order valence-electron chi connectivity index (χ0n) is 18.8. The summed E-state index contributed by atoms with van der Waals surface area (Å²) in [6.45, 7) is 8.63. The number of likely N-dealkylation sites (tertiary alicyclic amines) is 2. The van der Waals surface area contributed by atoms with Gasteiger partial charge in [0.05, 0.1) is 25.2 Å². The molecule has 2 aliphatic heterocycles. The highest BCUT2D eigenvalue weighted by Crippen LogP contribution is 2.33. The van der Waals surface area contributed by atoms with Gasteiger partial charge in [-0.1, -0.05) is 19.1 Å². The lowest BCUT2D eigenvalue weighted by atomic mass is 9.78. The SMILES string of the molecule is C=C1CC(C)CC(CCN(CC(=O)N2CCCC2C#N)CC(=O)N2CCCC2C#N)C1. The predicted molar refractivity (Wildman–Crippen MR) is 117 cm³/mol. The Bertz CT molecular complexity index is 721. The lowest BCUT2D eigenvalue weighted by Crippen LogP contribution is -2.47. The summed E-state index contributed by atoms with van der Waals surface area (Å²) in [5, 5.41) is 18.7. The summed E-state index contributed by atoms with van der Waals surface area (Å²) < 4.78 is 0. The van der Waals surface area contributed by atoms with Crippen LogP contribution in [0.25, 0.3) is 0 Å². The van der Waals surface area contributed by atoms with Gasteiger partial charge in [-0.05, 0) is 69.7 Å². The van der Waals surface area contributed by atoms with Gasteiger partial charge in [-0.25, -0.2) is 0 Å². The monoisotopic (exact) mass is 425 g/mol. The van der Waals surface area contributed by atoms with Crippen LogP contribution >= 0.6 is 0 Å².